The molecule has 1 aromatic heterocycles. The molecule has 3 aromatic rings. The van der Waals surface area contributed by atoms with Gasteiger partial charge in [-0.2, -0.15) is 4.90 Å². The van der Waals surface area contributed by atoms with E-state index in [4.69, 9.17) is 22.7 Å². The van der Waals surface area contributed by atoms with Crippen LogP contribution in [0.4, 0.5) is 9.93 Å². The number of imide groups is 1. The summed E-state index contributed by atoms with van der Waals surface area (Å²) in [5, 5.41) is 9.33. The van der Waals surface area contributed by atoms with E-state index < -0.39 is 30.0 Å². The Morgan fingerprint density at radius 1 is 1.08 bits per heavy atom. The van der Waals surface area contributed by atoms with Gasteiger partial charge >= 0.3 is 6.09 Å². The minimum Gasteiger partial charge on any atom is -0.444 e. The van der Waals surface area contributed by atoms with Crippen molar-refractivity contribution in [2.75, 3.05) is 4.90 Å². The van der Waals surface area contributed by atoms with Crippen molar-refractivity contribution >= 4 is 46.6 Å². The molecule has 0 saturated carbocycles. The number of benzene rings is 2. The molecule has 36 heavy (non-hydrogen) atoms. The smallest absolute Gasteiger partial charge is 0.423 e. The van der Waals surface area contributed by atoms with Gasteiger partial charge in [0.2, 0.25) is 11.0 Å². The fourth-order valence-electron chi connectivity index (χ4n) is 3.45. The minimum atomic E-state index is -1.03. The number of nitrogens with zero attached hydrogens (tertiary/aromatic N) is 2. The molecule has 3 rings (SSSR count). The number of nitrogens with one attached hydrogen (secondary N) is 2. The second-order valence-corrected chi connectivity index (χ2v) is 10.2. The first-order valence-electron chi connectivity index (χ1n) is 11.4. The Balaban J connectivity index is 1.79. The zero-order chi connectivity index (χ0) is 26.1. The zero-order valence-electron chi connectivity index (χ0n) is 20.0. The molecule has 0 fully saturated rings. The summed E-state index contributed by atoms with van der Waals surface area (Å²) in [5.74, 6) is -1.14. The fourth-order valence-corrected chi connectivity index (χ4v) is 4.33. The Labute approximate surface area is 218 Å². The summed E-state index contributed by atoms with van der Waals surface area (Å²) in [6.07, 6.45) is -0.335. The first-order chi connectivity index (χ1) is 17.2. The highest BCUT2D eigenvalue weighted by Gasteiger charge is 2.35. The van der Waals surface area contributed by atoms with Crippen LogP contribution in [0.3, 0.4) is 0 Å². The van der Waals surface area contributed by atoms with Gasteiger partial charge < -0.3 is 15.8 Å². The molecule has 0 radical (unpaired) electrons. The van der Waals surface area contributed by atoms with E-state index in [9.17, 15) is 14.4 Å². The van der Waals surface area contributed by atoms with Crippen molar-refractivity contribution in [3.8, 4) is 0 Å². The van der Waals surface area contributed by atoms with Gasteiger partial charge in [0, 0.05) is 0 Å². The van der Waals surface area contributed by atoms with Crippen LogP contribution in [0.1, 0.15) is 31.4 Å². The van der Waals surface area contributed by atoms with Gasteiger partial charge in [-0.25, -0.2) is 4.79 Å². The maximum absolute atomic E-state index is 13.6. The van der Waals surface area contributed by atoms with Gasteiger partial charge in [-0.1, -0.05) is 85.8 Å². The zero-order valence-corrected chi connectivity index (χ0v) is 21.7. The van der Waals surface area contributed by atoms with E-state index in [1.54, 1.807) is 12.1 Å². The van der Waals surface area contributed by atoms with Crippen LogP contribution >= 0.6 is 23.6 Å². The van der Waals surface area contributed by atoms with Crippen LogP contribution in [0.25, 0.3) is 0 Å². The monoisotopic (exact) mass is 527 g/mol. The van der Waals surface area contributed by atoms with Crippen LogP contribution in [-0.4, -0.2) is 40.2 Å². The number of aromatic amines is 1. The molecule has 0 bridgehead atoms. The lowest BCUT2D eigenvalue weighted by Crippen LogP contribution is -2.55. The van der Waals surface area contributed by atoms with Gasteiger partial charge in [-0.05, 0) is 42.1 Å². The third-order valence-electron chi connectivity index (χ3n) is 5.18. The molecule has 190 valence electrons. The number of ether oxygens (including phenoxy) is 1. The third kappa shape index (κ3) is 7.80. The number of anilines is 1. The Morgan fingerprint density at radius 2 is 1.69 bits per heavy atom. The molecule has 0 spiro atoms. The summed E-state index contributed by atoms with van der Waals surface area (Å²) in [5.41, 5.74) is 7.79. The van der Waals surface area contributed by atoms with Crippen LogP contribution in [-0.2, 0) is 27.4 Å². The number of H-pyrrole nitrogens is 1. The van der Waals surface area contributed by atoms with Crippen LogP contribution in [0.15, 0.2) is 60.7 Å². The number of hydrogen-bond acceptors (Lipinski definition) is 8. The van der Waals surface area contributed by atoms with Gasteiger partial charge in [0.05, 0.1) is 6.04 Å². The Morgan fingerprint density at radius 3 is 2.25 bits per heavy atom. The van der Waals surface area contributed by atoms with Crippen molar-refractivity contribution in [3.05, 3.63) is 75.7 Å². The highest BCUT2D eigenvalue weighted by molar-refractivity contribution is 7.73. The summed E-state index contributed by atoms with van der Waals surface area (Å²) in [6.45, 7) is 3.78. The van der Waals surface area contributed by atoms with Gasteiger partial charge in [-0.3, -0.25) is 14.7 Å². The second-order valence-electron chi connectivity index (χ2n) is 8.60. The van der Waals surface area contributed by atoms with Crippen LogP contribution in [0.2, 0.25) is 0 Å². The average molecular weight is 528 g/mol. The number of nitrogens with two attached hydrogens (primary N) is 1. The lowest BCUT2D eigenvalue weighted by molar-refractivity contribution is -0.128. The first-order valence-corrected chi connectivity index (χ1v) is 12.7. The van der Waals surface area contributed by atoms with Crippen LogP contribution in [0.5, 0.6) is 0 Å². The molecule has 11 heteroatoms. The summed E-state index contributed by atoms with van der Waals surface area (Å²) in [7, 11) is 0. The molecule has 0 saturated heterocycles. The summed E-state index contributed by atoms with van der Waals surface area (Å²) < 4.78 is 5.69. The van der Waals surface area contributed by atoms with E-state index >= 15 is 0 Å². The summed E-state index contributed by atoms with van der Waals surface area (Å²) >= 11 is 6.04. The molecule has 0 aliphatic carbocycles. The van der Waals surface area contributed by atoms with Crippen LogP contribution < -0.4 is 16.0 Å². The van der Waals surface area contributed by atoms with Crippen molar-refractivity contribution in [3.63, 3.8) is 0 Å². The molecule has 3 amide bonds. The lowest BCUT2D eigenvalue weighted by Gasteiger charge is -2.26. The molecular formula is C25H29N5O4S2. The van der Waals surface area contributed by atoms with E-state index in [2.05, 4.69) is 15.5 Å². The number of amides is 3. The van der Waals surface area contributed by atoms with Crippen LogP contribution in [0, 0.1) is 9.87 Å². The molecule has 2 aromatic carbocycles. The molecule has 1 heterocycles. The SMILES string of the molecule is CC(C)C[C@H](NC(=O)[C@@H](N)Cc1ccccc1)C(=O)N(C(=O)OCc1ccccc1)c1n[nH]c(=S)s1. The largest absolute Gasteiger partial charge is 0.444 e. The van der Waals surface area contributed by atoms with Gasteiger partial charge in [0.15, 0.2) is 3.95 Å². The van der Waals surface area contributed by atoms with Crippen molar-refractivity contribution < 1.29 is 19.1 Å². The quantitative estimate of drug-likeness (QED) is 0.340. The maximum Gasteiger partial charge on any atom is 0.423 e. The van der Waals surface area contributed by atoms with Crippen molar-refractivity contribution in [1.82, 2.24) is 15.5 Å². The van der Waals surface area contributed by atoms with Crippen molar-refractivity contribution in [1.29, 1.82) is 0 Å². The number of aromatic nitrogens is 2. The molecule has 0 unspecified atom stereocenters. The van der Waals surface area contributed by atoms with E-state index in [0.29, 0.717) is 6.42 Å². The Bertz CT molecular complexity index is 1210. The van der Waals surface area contributed by atoms with E-state index in [-0.39, 0.29) is 28.0 Å². The average Bonchev–Trinajstić information content (AvgIpc) is 3.28. The van der Waals surface area contributed by atoms with E-state index in [0.717, 1.165) is 27.4 Å². The first kappa shape index (κ1) is 27.2. The molecule has 4 N–H and O–H groups in total. The summed E-state index contributed by atoms with van der Waals surface area (Å²) in [6, 6.07) is 16.5. The normalized spacial score (nSPS) is 12.6. The second kappa shape index (κ2) is 13.1. The number of carbonyl (C=O) groups excluding carboxylic acids is 3. The fraction of sp³-hybridized carbons (Fsp3) is 0.320. The molecular weight excluding hydrogens is 498 g/mol. The maximum atomic E-state index is 13.6. The standard InChI is InChI=1S/C25H29N5O4S2/c1-16(2)13-20(27-21(31)19(26)14-17-9-5-3-6-10-17)22(32)30(23-28-29-24(35)36-23)25(33)34-15-18-11-7-4-8-12-18/h3-12,16,19-20H,13-15,26H2,1-2H3,(H,27,31)(H,29,35)/t19-,20-/m0/s1. The predicted molar refractivity (Wildman–Crippen MR) is 141 cm³/mol. The topological polar surface area (TPSA) is 130 Å². The Kier molecular flexibility index (Phi) is 9.86. The minimum absolute atomic E-state index is 0.0275. The predicted octanol–water partition coefficient (Wildman–Crippen LogP) is 3.97. The van der Waals surface area contributed by atoms with Crippen molar-refractivity contribution in [2.45, 2.75) is 45.4 Å². The molecule has 9 nitrogen and oxygen atoms in total. The number of carbonyl (C=O) groups is 3. The molecule has 0 aliphatic rings. The van der Waals surface area contributed by atoms with Gasteiger partial charge in [0.25, 0.3) is 5.91 Å². The van der Waals surface area contributed by atoms with Gasteiger partial charge in [-0.15, -0.1) is 5.10 Å². The third-order valence-corrected chi connectivity index (χ3v) is 6.26. The number of rotatable bonds is 10. The molecule has 2 atom stereocenters. The summed E-state index contributed by atoms with van der Waals surface area (Å²) in [4.78, 5) is 40.5. The highest BCUT2D eigenvalue weighted by Crippen LogP contribution is 2.22. The number of hydrogen-bond donors (Lipinski definition) is 3. The highest BCUT2D eigenvalue weighted by atomic mass is 32.1. The van der Waals surface area contributed by atoms with Gasteiger partial charge in [0.1, 0.15) is 12.6 Å². The van der Waals surface area contributed by atoms with E-state index in [1.165, 1.54) is 0 Å². The Hall–Kier alpha value is -3.41. The van der Waals surface area contributed by atoms with E-state index in [1.807, 2.05) is 62.4 Å². The lowest BCUT2D eigenvalue weighted by atomic mass is 10.0. The molecule has 0 aliphatic heterocycles. The van der Waals surface area contributed by atoms with Crippen molar-refractivity contribution in [2.24, 2.45) is 11.7 Å².